The zero-order valence-corrected chi connectivity index (χ0v) is 17.9. The Morgan fingerprint density at radius 1 is 1.07 bits per heavy atom. The molecular weight excluding hydrogens is 415 g/mol. The summed E-state index contributed by atoms with van der Waals surface area (Å²) >= 11 is 13.3. The van der Waals surface area contributed by atoms with Crippen LogP contribution in [0.1, 0.15) is 34.9 Å². The molecule has 0 saturated carbocycles. The van der Waals surface area contributed by atoms with Gasteiger partial charge in [-0.05, 0) is 62.4 Å². The SMILES string of the molecule is CC(C)N(Cc1csc(COc2ccc(Cl)cc2)n1)C(=O)c1ccc(Cl)cc1. The second kappa shape index (κ2) is 9.41. The molecule has 0 saturated heterocycles. The van der Waals surface area contributed by atoms with Crippen molar-refractivity contribution in [1.82, 2.24) is 9.88 Å². The van der Waals surface area contributed by atoms with Crippen molar-refractivity contribution in [2.24, 2.45) is 0 Å². The molecule has 7 heteroatoms. The third-order valence-electron chi connectivity index (χ3n) is 4.08. The summed E-state index contributed by atoms with van der Waals surface area (Å²) in [5, 5.41) is 4.10. The predicted octanol–water partition coefficient (Wildman–Crippen LogP) is 6.08. The van der Waals surface area contributed by atoms with Gasteiger partial charge in [0.25, 0.3) is 5.91 Å². The van der Waals surface area contributed by atoms with Gasteiger partial charge in [-0.1, -0.05) is 23.2 Å². The van der Waals surface area contributed by atoms with Gasteiger partial charge in [-0.2, -0.15) is 0 Å². The van der Waals surface area contributed by atoms with Crippen LogP contribution in [0.3, 0.4) is 0 Å². The number of benzene rings is 2. The molecule has 4 nitrogen and oxygen atoms in total. The number of nitrogens with zero attached hydrogens (tertiary/aromatic N) is 2. The maximum absolute atomic E-state index is 12.9. The molecule has 1 heterocycles. The molecule has 3 aromatic rings. The second-order valence-electron chi connectivity index (χ2n) is 6.51. The molecule has 0 unspecified atom stereocenters. The van der Waals surface area contributed by atoms with Crippen molar-refractivity contribution in [1.29, 1.82) is 0 Å². The number of amides is 1. The number of halogens is 2. The lowest BCUT2D eigenvalue weighted by molar-refractivity contribution is 0.0688. The number of ether oxygens (including phenoxy) is 1. The minimum absolute atomic E-state index is 0.0404. The van der Waals surface area contributed by atoms with Crippen LogP contribution in [0.15, 0.2) is 53.9 Å². The van der Waals surface area contributed by atoms with E-state index < -0.39 is 0 Å². The van der Waals surface area contributed by atoms with Gasteiger partial charge < -0.3 is 9.64 Å². The highest BCUT2D eigenvalue weighted by atomic mass is 35.5. The van der Waals surface area contributed by atoms with E-state index in [0.717, 1.165) is 16.5 Å². The quantitative estimate of drug-likeness (QED) is 0.452. The zero-order valence-electron chi connectivity index (χ0n) is 15.6. The van der Waals surface area contributed by atoms with Gasteiger partial charge in [-0.15, -0.1) is 11.3 Å². The van der Waals surface area contributed by atoms with Crippen LogP contribution in [0.25, 0.3) is 0 Å². The number of hydrogen-bond donors (Lipinski definition) is 0. The molecule has 0 aliphatic carbocycles. The van der Waals surface area contributed by atoms with Gasteiger partial charge in [0.2, 0.25) is 0 Å². The molecular formula is C21H20Cl2N2O2S. The topological polar surface area (TPSA) is 42.4 Å². The van der Waals surface area contributed by atoms with Crippen molar-refractivity contribution in [3.05, 3.63) is 80.2 Å². The van der Waals surface area contributed by atoms with Crippen LogP contribution in [0.4, 0.5) is 0 Å². The van der Waals surface area contributed by atoms with Gasteiger partial charge in [0, 0.05) is 27.0 Å². The van der Waals surface area contributed by atoms with E-state index in [1.807, 2.05) is 31.4 Å². The molecule has 3 rings (SSSR count). The second-order valence-corrected chi connectivity index (χ2v) is 8.32. The third-order valence-corrected chi connectivity index (χ3v) is 5.46. The van der Waals surface area contributed by atoms with Crippen molar-refractivity contribution in [2.75, 3.05) is 0 Å². The van der Waals surface area contributed by atoms with Crippen molar-refractivity contribution in [3.63, 3.8) is 0 Å². The van der Waals surface area contributed by atoms with E-state index in [1.165, 1.54) is 11.3 Å². The summed E-state index contributed by atoms with van der Waals surface area (Å²) in [4.78, 5) is 19.3. The van der Waals surface area contributed by atoms with E-state index >= 15 is 0 Å². The van der Waals surface area contributed by atoms with Gasteiger partial charge in [0.1, 0.15) is 17.4 Å². The standard InChI is InChI=1S/C21H20Cl2N2O2S/c1-14(2)25(21(26)15-3-5-16(22)6-4-15)11-18-13-28-20(24-18)12-27-19-9-7-17(23)8-10-19/h3-10,13-14H,11-12H2,1-2H3. The smallest absolute Gasteiger partial charge is 0.254 e. The van der Waals surface area contributed by atoms with E-state index in [-0.39, 0.29) is 11.9 Å². The number of aromatic nitrogens is 1. The Morgan fingerprint density at radius 3 is 2.29 bits per heavy atom. The first kappa shape index (κ1) is 20.6. The van der Waals surface area contributed by atoms with Crippen LogP contribution in [-0.2, 0) is 13.2 Å². The Morgan fingerprint density at radius 2 is 1.68 bits per heavy atom. The Balaban J connectivity index is 1.64. The molecule has 1 amide bonds. The summed E-state index contributed by atoms with van der Waals surface area (Å²) in [7, 11) is 0. The Bertz CT molecular complexity index is 924. The van der Waals surface area contributed by atoms with Crippen LogP contribution >= 0.6 is 34.5 Å². The van der Waals surface area contributed by atoms with E-state index in [0.29, 0.717) is 28.8 Å². The number of carbonyl (C=O) groups excluding carboxylic acids is 1. The van der Waals surface area contributed by atoms with Gasteiger partial charge in [0.15, 0.2) is 0 Å². The van der Waals surface area contributed by atoms with Gasteiger partial charge in [-0.3, -0.25) is 4.79 Å². The summed E-state index contributed by atoms with van der Waals surface area (Å²) < 4.78 is 5.74. The summed E-state index contributed by atoms with van der Waals surface area (Å²) in [6.07, 6.45) is 0. The largest absolute Gasteiger partial charge is 0.486 e. The van der Waals surface area contributed by atoms with Crippen LogP contribution < -0.4 is 4.74 Å². The Hall–Kier alpha value is -2.08. The lowest BCUT2D eigenvalue weighted by atomic mass is 10.1. The van der Waals surface area contributed by atoms with Crippen LogP contribution in [0.2, 0.25) is 10.0 Å². The molecule has 1 aromatic heterocycles. The molecule has 0 aliphatic rings. The highest BCUT2D eigenvalue weighted by Gasteiger charge is 2.20. The first-order valence-electron chi connectivity index (χ1n) is 8.80. The fourth-order valence-corrected chi connectivity index (χ4v) is 3.53. The van der Waals surface area contributed by atoms with Crippen molar-refractivity contribution < 1.29 is 9.53 Å². The molecule has 0 fully saturated rings. The zero-order chi connectivity index (χ0) is 20.1. The van der Waals surface area contributed by atoms with Crippen LogP contribution in [0, 0.1) is 0 Å². The first-order valence-corrected chi connectivity index (χ1v) is 10.4. The van der Waals surface area contributed by atoms with E-state index in [2.05, 4.69) is 4.98 Å². The van der Waals surface area contributed by atoms with Crippen molar-refractivity contribution in [3.8, 4) is 5.75 Å². The molecule has 0 bridgehead atoms. The average molecular weight is 435 g/mol. The summed E-state index contributed by atoms with van der Waals surface area (Å²) in [6.45, 7) is 4.80. The van der Waals surface area contributed by atoms with E-state index in [1.54, 1.807) is 41.3 Å². The van der Waals surface area contributed by atoms with Gasteiger partial charge in [-0.25, -0.2) is 4.98 Å². The molecule has 2 aromatic carbocycles. The molecule has 146 valence electrons. The molecule has 28 heavy (non-hydrogen) atoms. The highest BCUT2D eigenvalue weighted by molar-refractivity contribution is 7.09. The fraction of sp³-hybridized carbons (Fsp3) is 0.238. The summed E-state index contributed by atoms with van der Waals surface area (Å²) in [5.41, 5.74) is 1.45. The third kappa shape index (κ3) is 5.47. The molecule has 0 aliphatic heterocycles. The molecule has 0 radical (unpaired) electrons. The minimum Gasteiger partial charge on any atom is -0.486 e. The summed E-state index contributed by atoms with van der Waals surface area (Å²) in [5.74, 6) is 0.696. The van der Waals surface area contributed by atoms with E-state index in [9.17, 15) is 4.79 Å². The van der Waals surface area contributed by atoms with Gasteiger partial charge in [0.05, 0.1) is 12.2 Å². The Kier molecular flexibility index (Phi) is 6.94. The number of hydrogen-bond acceptors (Lipinski definition) is 4. The lowest BCUT2D eigenvalue weighted by Gasteiger charge is -2.26. The monoisotopic (exact) mass is 434 g/mol. The Labute approximate surface area is 178 Å². The number of thiazole rings is 1. The predicted molar refractivity (Wildman–Crippen MR) is 114 cm³/mol. The lowest BCUT2D eigenvalue weighted by Crippen LogP contribution is -2.36. The molecule has 0 spiro atoms. The van der Waals surface area contributed by atoms with Crippen molar-refractivity contribution >= 4 is 40.4 Å². The number of carbonyl (C=O) groups is 1. The van der Waals surface area contributed by atoms with Crippen LogP contribution in [0.5, 0.6) is 5.75 Å². The molecule has 0 N–H and O–H groups in total. The van der Waals surface area contributed by atoms with Crippen LogP contribution in [-0.4, -0.2) is 21.8 Å². The fourth-order valence-electron chi connectivity index (χ4n) is 2.59. The summed E-state index contributed by atoms with van der Waals surface area (Å²) in [6, 6.07) is 14.2. The number of rotatable bonds is 7. The van der Waals surface area contributed by atoms with Crippen molar-refractivity contribution in [2.45, 2.75) is 33.0 Å². The minimum atomic E-state index is -0.0429. The van der Waals surface area contributed by atoms with Gasteiger partial charge >= 0.3 is 0 Å². The maximum atomic E-state index is 12.9. The highest BCUT2D eigenvalue weighted by Crippen LogP contribution is 2.20. The maximum Gasteiger partial charge on any atom is 0.254 e. The average Bonchev–Trinajstić information content (AvgIpc) is 3.13. The van der Waals surface area contributed by atoms with E-state index in [4.69, 9.17) is 27.9 Å². The normalized spacial score (nSPS) is 10.9. The first-order chi connectivity index (χ1) is 13.4. The molecule has 0 atom stereocenters.